The Morgan fingerprint density at radius 3 is 2.55 bits per heavy atom. The molecular weight excluding hydrogens is 274 g/mol. The van der Waals surface area contributed by atoms with Crippen molar-refractivity contribution in [3.63, 3.8) is 0 Å². The second-order valence-electron chi connectivity index (χ2n) is 5.77. The maximum absolute atomic E-state index is 6.03. The summed E-state index contributed by atoms with van der Waals surface area (Å²) in [5, 5.41) is 0. The molecule has 1 atom stereocenters. The van der Waals surface area contributed by atoms with Crippen LogP contribution in [0.2, 0.25) is 0 Å². The molecule has 0 radical (unpaired) electrons. The number of ether oxygens (including phenoxy) is 1. The summed E-state index contributed by atoms with van der Waals surface area (Å²) in [5.74, 6) is 0. The second kappa shape index (κ2) is 8.01. The first-order valence-electron chi connectivity index (χ1n) is 8.04. The predicted octanol–water partition coefficient (Wildman–Crippen LogP) is 2.70. The van der Waals surface area contributed by atoms with Crippen molar-refractivity contribution in [1.82, 2.24) is 14.9 Å². The second-order valence-corrected chi connectivity index (χ2v) is 5.77. The minimum Gasteiger partial charge on any atom is -0.371 e. The highest BCUT2D eigenvalue weighted by Crippen LogP contribution is 2.15. The zero-order valence-corrected chi connectivity index (χ0v) is 12.9. The molecule has 1 aliphatic heterocycles. The van der Waals surface area contributed by atoms with Gasteiger partial charge in [0.2, 0.25) is 0 Å². The van der Waals surface area contributed by atoms with E-state index in [9.17, 15) is 0 Å². The Bertz CT molecular complexity index is 497. The van der Waals surface area contributed by atoms with Gasteiger partial charge in [0.05, 0.1) is 18.4 Å². The van der Waals surface area contributed by atoms with Crippen molar-refractivity contribution in [2.24, 2.45) is 0 Å². The van der Waals surface area contributed by atoms with E-state index in [1.165, 1.54) is 12.1 Å². The highest BCUT2D eigenvalue weighted by molar-refractivity contribution is 5.04. The first-order chi connectivity index (χ1) is 10.9. The molecule has 1 saturated heterocycles. The monoisotopic (exact) mass is 297 g/mol. The molecule has 3 heterocycles. The zero-order chi connectivity index (χ0) is 15.0. The smallest absolute Gasteiger partial charge is 0.0892 e. The Balaban J connectivity index is 1.43. The summed E-state index contributed by atoms with van der Waals surface area (Å²) in [6.45, 7) is 3.84. The third-order valence-corrected chi connectivity index (χ3v) is 4.07. The predicted molar refractivity (Wildman–Crippen MR) is 86.4 cm³/mol. The largest absolute Gasteiger partial charge is 0.371 e. The van der Waals surface area contributed by atoms with Gasteiger partial charge in [0.15, 0.2) is 0 Å². The van der Waals surface area contributed by atoms with Crippen molar-refractivity contribution < 1.29 is 4.74 Å². The van der Waals surface area contributed by atoms with Gasteiger partial charge in [-0.2, -0.15) is 0 Å². The lowest BCUT2D eigenvalue weighted by Gasteiger charge is -2.32. The minimum atomic E-state index is 0.319. The van der Waals surface area contributed by atoms with E-state index in [1.54, 1.807) is 0 Å². The molecule has 0 N–H and O–H groups in total. The lowest BCUT2D eigenvalue weighted by molar-refractivity contribution is -0.0109. The molecule has 0 bridgehead atoms. The van der Waals surface area contributed by atoms with E-state index in [-0.39, 0.29) is 0 Å². The summed E-state index contributed by atoms with van der Waals surface area (Å²) < 4.78 is 6.03. The topological polar surface area (TPSA) is 38.2 Å². The molecule has 116 valence electrons. The number of rotatable bonds is 6. The molecule has 0 aromatic carbocycles. The van der Waals surface area contributed by atoms with E-state index >= 15 is 0 Å². The van der Waals surface area contributed by atoms with Crippen molar-refractivity contribution in [3.05, 3.63) is 60.2 Å². The molecule has 0 amide bonds. The lowest BCUT2D eigenvalue weighted by Crippen LogP contribution is -2.40. The van der Waals surface area contributed by atoms with E-state index in [0.717, 1.165) is 38.2 Å². The van der Waals surface area contributed by atoms with Crippen molar-refractivity contribution >= 4 is 0 Å². The third kappa shape index (κ3) is 4.61. The van der Waals surface area contributed by atoms with Crippen LogP contribution >= 0.6 is 0 Å². The molecule has 4 heteroatoms. The van der Waals surface area contributed by atoms with Crippen LogP contribution in [0, 0.1) is 0 Å². The van der Waals surface area contributed by atoms with Crippen LogP contribution in [0.3, 0.4) is 0 Å². The summed E-state index contributed by atoms with van der Waals surface area (Å²) in [6.07, 6.45) is 7.36. The number of piperidine rings is 1. The van der Waals surface area contributed by atoms with Gasteiger partial charge in [-0.25, -0.2) is 0 Å². The van der Waals surface area contributed by atoms with Crippen LogP contribution in [-0.4, -0.2) is 40.6 Å². The van der Waals surface area contributed by atoms with Gasteiger partial charge in [-0.15, -0.1) is 0 Å². The highest BCUT2D eigenvalue weighted by atomic mass is 16.5. The normalized spacial score (nSPS) is 19.2. The van der Waals surface area contributed by atoms with E-state index in [0.29, 0.717) is 12.7 Å². The van der Waals surface area contributed by atoms with Crippen LogP contribution in [0.15, 0.2) is 48.8 Å². The quantitative estimate of drug-likeness (QED) is 0.821. The van der Waals surface area contributed by atoms with Gasteiger partial charge >= 0.3 is 0 Å². The van der Waals surface area contributed by atoms with Crippen molar-refractivity contribution in [3.8, 4) is 0 Å². The molecule has 0 spiro atoms. The Morgan fingerprint density at radius 1 is 1.05 bits per heavy atom. The zero-order valence-electron chi connectivity index (χ0n) is 12.9. The molecule has 0 aliphatic carbocycles. The highest BCUT2D eigenvalue weighted by Gasteiger charge is 2.20. The molecule has 22 heavy (non-hydrogen) atoms. The fourth-order valence-electron chi connectivity index (χ4n) is 2.86. The first-order valence-corrected chi connectivity index (χ1v) is 8.04. The van der Waals surface area contributed by atoms with Crippen molar-refractivity contribution in [1.29, 1.82) is 0 Å². The van der Waals surface area contributed by atoms with Gasteiger partial charge in [0.25, 0.3) is 0 Å². The number of hydrogen-bond donors (Lipinski definition) is 0. The molecule has 1 aliphatic rings. The summed E-state index contributed by atoms with van der Waals surface area (Å²) in [4.78, 5) is 11.2. The van der Waals surface area contributed by atoms with Crippen LogP contribution in [0.5, 0.6) is 0 Å². The molecule has 4 nitrogen and oxygen atoms in total. The SMILES string of the molecule is c1ccc(CCN2CCCC(OCc3ccccn3)C2)nc1. The van der Waals surface area contributed by atoms with Crippen molar-refractivity contribution in [2.75, 3.05) is 19.6 Å². The van der Waals surface area contributed by atoms with E-state index in [2.05, 4.69) is 27.0 Å². The molecule has 3 rings (SSSR count). The molecule has 2 aromatic rings. The van der Waals surface area contributed by atoms with Crippen molar-refractivity contribution in [2.45, 2.75) is 32.0 Å². The van der Waals surface area contributed by atoms with Gasteiger partial charge in [-0.3, -0.25) is 9.97 Å². The van der Waals surface area contributed by atoms with Crippen LogP contribution in [0.25, 0.3) is 0 Å². The van der Waals surface area contributed by atoms with E-state index < -0.39 is 0 Å². The van der Waals surface area contributed by atoms with Gasteiger partial charge in [0.1, 0.15) is 0 Å². The van der Waals surface area contributed by atoms with E-state index in [1.807, 2.05) is 36.7 Å². The Morgan fingerprint density at radius 2 is 1.82 bits per heavy atom. The van der Waals surface area contributed by atoms with Gasteiger partial charge in [-0.05, 0) is 43.7 Å². The lowest BCUT2D eigenvalue weighted by atomic mass is 10.1. The Labute approximate surface area is 132 Å². The Hall–Kier alpha value is -1.78. The molecule has 1 unspecified atom stereocenters. The summed E-state index contributed by atoms with van der Waals surface area (Å²) in [5.41, 5.74) is 2.17. The third-order valence-electron chi connectivity index (χ3n) is 4.07. The average Bonchev–Trinajstić information content (AvgIpc) is 2.60. The molecule has 2 aromatic heterocycles. The standard InChI is InChI=1S/C18H23N3O/c1-3-10-19-16(6-1)9-13-21-12-5-8-18(14-21)22-15-17-7-2-4-11-20-17/h1-4,6-7,10-11,18H,5,8-9,12-15H2. The molecule has 0 saturated carbocycles. The Kier molecular flexibility index (Phi) is 5.51. The van der Waals surface area contributed by atoms with Crippen LogP contribution in [0.4, 0.5) is 0 Å². The maximum Gasteiger partial charge on any atom is 0.0892 e. The maximum atomic E-state index is 6.03. The summed E-state index contributed by atoms with van der Waals surface area (Å²) in [7, 11) is 0. The van der Waals surface area contributed by atoms with Gasteiger partial charge < -0.3 is 9.64 Å². The number of hydrogen-bond acceptors (Lipinski definition) is 4. The fourth-order valence-corrected chi connectivity index (χ4v) is 2.86. The molecular formula is C18H23N3O. The summed E-state index contributed by atoms with van der Waals surface area (Å²) >= 11 is 0. The first kappa shape index (κ1) is 15.1. The summed E-state index contributed by atoms with van der Waals surface area (Å²) in [6, 6.07) is 12.1. The van der Waals surface area contributed by atoms with Gasteiger partial charge in [0, 0.05) is 37.6 Å². The fraction of sp³-hybridized carbons (Fsp3) is 0.444. The minimum absolute atomic E-state index is 0.319. The molecule has 1 fully saturated rings. The van der Waals surface area contributed by atoms with Crippen LogP contribution < -0.4 is 0 Å². The van der Waals surface area contributed by atoms with Crippen LogP contribution in [0.1, 0.15) is 24.2 Å². The number of likely N-dealkylation sites (tertiary alicyclic amines) is 1. The number of nitrogens with zero attached hydrogens (tertiary/aromatic N) is 3. The van der Waals surface area contributed by atoms with Gasteiger partial charge in [-0.1, -0.05) is 12.1 Å². The van der Waals surface area contributed by atoms with Crippen LogP contribution in [-0.2, 0) is 17.8 Å². The number of aromatic nitrogens is 2. The number of pyridine rings is 2. The van der Waals surface area contributed by atoms with E-state index in [4.69, 9.17) is 4.74 Å². The average molecular weight is 297 g/mol.